The SMILES string of the molecule is NC(=O)NCCNc1ncccc1C(N)=S. The highest BCUT2D eigenvalue weighted by molar-refractivity contribution is 7.80. The lowest BCUT2D eigenvalue weighted by Crippen LogP contribution is -2.33. The summed E-state index contributed by atoms with van der Waals surface area (Å²) >= 11 is 4.88. The Labute approximate surface area is 98.4 Å². The summed E-state index contributed by atoms with van der Waals surface area (Å²) in [7, 11) is 0. The first-order valence-electron chi connectivity index (χ1n) is 4.63. The van der Waals surface area contributed by atoms with Crippen LogP contribution in [0.15, 0.2) is 18.3 Å². The van der Waals surface area contributed by atoms with E-state index < -0.39 is 6.03 Å². The lowest BCUT2D eigenvalue weighted by Gasteiger charge is -2.09. The van der Waals surface area contributed by atoms with E-state index >= 15 is 0 Å². The molecule has 1 aromatic heterocycles. The van der Waals surface area contributed by atoms with Gasteiger partial charge in [-0.25, -0.2) is 9.78 Å². The van der Waals surface area contributed by atoms with Gasteiger partial charge in [0.05, 0.1) is 5.56 Å². The van der Waals surface area contributed by atoms with Crippen molar-refractivity contribution in [1.82, 2.24) is 10.3 Å². The lowest BCUT2D eigenvalue weighted by molar-refractivity contribution is 0.249. The molecule has 0 aromatic carbocycles. The number of pyridine rings is 1. The minimum atomic E-state index is -0.558. The molecule has 0 spiro atoms. The van der Waals surface area contributed by atoms with Crippen LogP contribution in [0.25, 0.3) is 0 Å². The number of nitrogens with two attached hydrogens (primary N) is 2. The molecule has 0 fully saturated rings. The van der Waals surface area contributed by atoms with Gasteiger partial charge in [0, 0.05) is 19.3 Å². The molecule has 86 valence electrons. The summed E-state index contributed by atoms with van der Waals surface area (Å²) in [5.41, 5.74) is 11.1. The van der Waals surface area contributed by atoms with Crippen molar-refractivity contribution < 1.29 is 4.79 Å². The normalized spacial score (nSPS) is 9.50. The number of nitrogens with one attached hydrogen (secondary N) is 2. The molecule has 0 unspecified atom stereocenters. The zero-order valence-corrected chi connectivity index (χ0v) is 9.38. The van der Waals surface area contributed by atoms with Gasteiger partial charge in [0.1, 0.15) is 10.8 Å². The van der Waals surface area contributed by atoms with Crippen molar-refractivity contribution in [2.24, 2.45) is 11.5 Å². The van der Waals surface area contributed by atoms with Gasteiger partial charge in [0.25, 0.3) is 0 Å². The summed E-state index contributed by atoms with van der Waals surface area (Å²) in [4.78, 5) is 14.8. The highest BCUT2D eigenvalue weighted by Gasteiger charge is 2.04. The summed E-state index contributed by atoms with van der Waals surface area (Å²) < 4.78 is 0. The van der Waals surface area contributed by atoms with Crippen LogP contribution in [-0.2, 0) is 0 Å². The summed E-state index contributed by atoms with van der Waals surface area (Å²) in [6, 6.07) is 2.97. The van der Waals surface area contributed by atoms with E-state index in [-0.39, 0.29) is 4.99 Å². The minimum absolute atomic E-state index is 0.276. The minimum Gasteiger partial charge on any atom is -0.389 e. The Morgan fingerprint density at radius 1 is 1.44 bits per heavy atom. The number of primary amides is 1. The molecular weight excluding hydrogens is 226 g/mol. The van der Waals surface area contributed by atoms with Gasteiger partial charge in [-0.05, 0) is 12.1 Å². The Bertz CT molecular complexity index is 395. The quantitative estimate of drug-likeness (QED) is 0.420. The fourth-order valence-electron chi connectivity index (χ4n) is 1.11. The van der Waals surface area contributed by atoms with E-state index in [1.54, 1.807) is 18.3 Å². The van der Waals surface area contributed by atoms with E-state index in [2.05, 4.69) is 15.6 Å². The molecule has 0 bridgehead atoms. The number of thiocarbonyl (C=S) groups is 1. The summed E-state index contributed by atoms with van der Waals surface area (Å²) in [5.74, 6) is 0.598. The van der Waals surface area contributed by atoms with E-state index in [0.29, 0.717) is 24.5 Å². The second-order valence-corrected chi connectivity index (χ2v) is 3.42. The van der Waals surface area contributed by atoms with Crippen molar-refractivity contribution in [2.45, 2.75) is 0 Å². The van der Waals surface area contributed by atoms with Crippen LogP contribution >= 0.6 is 12.2 Å². The molecule has 0 aliphatic carbocycles. The Hall–Kier alpha value is -1.89. The molecule has 6 N–H and O–H groups in total. The summed E-state index contributed by atoms with van der Waals surface area (Å²) in [6.07, 6.45) is 1.63. The van der Waals surface area contributed by atoms with Crippen LogP contribution in [0.3, 0.4) is 0 Å². The number of amides is 2. The van der Waals surface area contributed by atoms with Crippen LogP contribution in [0.5, 0.6) is 0 Å². The molecule has 0 aliphatic heterocycles. The first-order chi connectivity index (χ1) is 7.61. The third kappa shape index (κ3) is 3.70. The van der Waals surface area contributed by atoms with Crippen molar-refractivity contribution in [2.75, 3.05) is 18.4 Å². The predicted molar refractivity (Wildman–Crippen MR) is 66.2 cm³/mol. The van der Waals surface area contributed by atoms with E-state index in [1.165, 1.54) is 0 Å². The first kappa shape index (κ1) is 12.2. The van der Waals surface area contributed by atoms with Gasteiger partial charge in [-0.3, -0.25) is 0 Å². The van der Waals surface area contributed by atoms with Crippen LogP contribution in [0, 0.1) is 0 Å². The molecule has 16 heavy (non-hydrogen) atoms. The molecule has 1 rings (SSSR count). The number of aromatic nitrogens is 1. The van der Waals surface area contributed by atoms with Gasteiger partial charge in [0.2, 0.25) is 0 Å². The molecule has 7 heteroatoms. The third-order valence-corrected chi connectivity index (χ3v) is 2.01. The van der Waals surface area contributed by atoms with E-state index in [4.69, 9.17) is 23.7 Å². The van der Waals surface area contributed by atoms with Crippen molar-refractivity contribution in [1.29, 1.82) is 0 Å². The number of hydrogen-bond donors (Lipinski definition) is 4. The molecule has 1 heterocycles. The maximum atomic E-state index is 10.4. The molecule has 1 aromatic rings. The smallest absolute Gasteiger partial charge is 0.312 e. The van der Waals surface area contributed by atoms with E-state index in [0.717, 1.165) is 0 Å². The number of nitrogens with zero attached hydrogens (tertiary/aromatic N) is 1. The van der Waals surface area contributed by atoms with Crippen molar-refractivity contribution in [3.63, 3.8) is 0 Å². The van der Waals surface area contributed by atoms with Crippen molar-refractivity contribution in [3.05, 3.63) is 23.9 Å². The lowest BCUT2D eigenvalue weighted by atomic mass is 10.2. The molecule has 0 aliphatic rings. The van der Waals surface area contributed by atoms with Crippen LogP contribution in [0.4, 0.5) is 10.6 Å². The number of urea groups is 1. The van der Waals surface area contributed by atoms with Gasteiger partial charge in [-0.1, -0.05) is 12.2 Å². The Morgan fingerprint density at radius 3 is 2.81 bits per heavy atom. The van der Waals surface area contributed by atoms with Crippen LogP contribution in [0.1, 0.15) is 5.56 Å². The number of hydrogen-bond acceptors (Lipinski definition) is 4. The summed E-state index contributed by atoms with van der Waals surface area (Å²) in [6.45, 7) is 0.901. The number of rotatable bonds is 5. The predicted octanol–water partition coefficient (Wildman–Crippen LogP) is -0.204. The highest BCUT2D eigenvalue weighted by atomic mass is 32.1. The van der Waals surface area contributed by atoms with Crippen LogP contribution < -0.4 is 22.1 Å². The largest absolute Gasteiger partial charge is 0.389 e. The second-order valence-electron chi connectivity index (χ2n) is 2.98. The Balaban J connectivity index is 2.53. The van der Waals surface area contributed by atoms with Gasteiger partial charge >= 0.3 is 6.03 Å². The van der Waals surface area contributed by atoms with Gasteiger partial charge in [0.15, 0.2) is 0 Å². The van der Waals surface area contributed by atoms with Gasteiger partial charge in [-0.2, -0.15) is 0 Å². The molecule has 0 radical (unpaired) electrons. The number of carbonyl (C=O) groups is 1. The van der Waals surface area contributed by atoms with Crippen molar-refractivity contribution >= 4 is 29.1 Å². The maximum Gasteiger partial charge on any atom is 0.312 e. The molecule has 0 saturated carbocycles. The molecule has 2 amide bonds. The van der Waals surface area contributed by atoms with E-state index in [9.17, 15) is 4.79 Å². The molecule has 0 atom stereocenters. The summed E-state index contributed by atoms with van der Waals surface area (Å²) in [5, 5.41) is 5.45. The fraction of sp³-hybridized carbons (Fsp3) is 0.222. The standard InChI is InChI=1S/C9H13N5OS/c10-7(16)6-2-1-3-12-8(6)13-4-5-14-9(11)15/h1-3H,4-5H2,(H2,10,16)(H,12,13)(H3,11,14,15). The molecule has 6 nitrogen and oxygen atoms in total. The third-order valence-electron chi connectivity index (χ3n) is 1.79. The first-order valence-corrected chi connectivity index (χ1v) is 5.04. The number of anilines is 1. The second kappa shape index (κ2) is 5.86. The monoisotopic (exact) mass is 239 g/mol. The fourth-order valence-corrected chi connectivity index (χ4v) is 1.28. The average Bonchev–Trinajstić information content (AvgIpc) is 2.24. The highest BCUT2D eigenvalue weighted by Crippen LogP contribution is 2.10. The Kier molecular flexibility index (Phi) is 4.46. The number of carbonyl (C=O) groups excluding carboxylic acids is 1. The van der Waals surface area contributed by atoms with E-state index in [1.807, 2.05) is 0 Å². The average molecular weight is 239 g/mol. The topological polar surface area (TPSA) is 106 Å². The zero-order chi connectivity index (χ0) is 12.0. The molecular formula is C9H13N5OS. The van der Waals surface area contributed by atoms with Crippen LogP contribution in [-0.4, -0.2) is 29.1 Å². The maximum absolute atomic E-state index is 10.4. The van der Waals surface area contributed by atoms with Crippen LogP contribution in [0.2, 0.25) is 0 Å². The van der Waals surface area contributed by atoms with Crippen molar-refractivity contribution in [3.8, 4) is 0 Å². The Morgan fingerprint density at radius 2 is 2.19 bits per heavy atom. The van der Waals surface area contributed by atoms with Gasteiger partial charge in [-0.15, -0.1) is 0 Å². The molecule has 0 saturated heterocycles. The zero-order valence-electron chi connectivity index (χ0n) is 8.56. The van der Waals surface area contributed by atoms with Gasteiger partial charge < -0.3 is 22.1 Å².